The number of fused-ring (bicyclic) bond motifs is 1. The third kappa shape index (κ3) is 3.16. The highest BCUT2D eigenvalue weighted by atomic mass is 35.5. The molecule has 3 N–H and O–H groups in total. The molecule has 4 nitrogen and oxygen atoms in total. The number of aromatic hydroxyl groups is 1. The van der Waals surface area contributed by atoms with Gasteiger partial charge in [-0.2, -0.15) is 0 Å². The summed E-state index contributed by atoms with van der Waals surface area (Å²) in [6.07, 6.45) is 1.50. The van der Waals surface area contributed by atoms with Crippen LogP contribution in [-0.2, 0) is 15.6 Å². The molecule has 4 rings (SSSR count). The van der Waals surface area contributed by atoms with Gasteiger partial charge in [0.2, 0.25) is 5.91 Å². The van der Waals surface area contributed by atoms with E-state index in [0.717, 1.165) is 40.7 Å². The van der Waals surface area contributed by atoms with Gasteiger partial charge < -0.3 is 15.4 Å². The maximum Gasteiger partial charge on any atom is 0.235 e. The molecule has 0 atom stereocenters. The summed E-state index contributed by atoms with van der Waals surface area (Å²) in [6, 6.07) is 11.5. The van der Waals surface area contributed by atoms with Gasteiger partial charge in [-0.15, -0.1) is 0 Å². The molecule has 1 amide bonds. The van der Waals surface area contributed by atoms with E-state index in [-0.39, 0.29) is 17.1 Å². The fourth-order valence-electron chi connectivity index (χ4n) is 3.58. The number of phenols is 1. The summed E-state index contributed by atoms with van der Waals surface area (Å²) in [5, 5.41) is 14.7. The summed E-state index contributed by atoms with van der Waals surface area (Å²) < 4.78 is 0. The average Bonchev–Trinajstić information content (AvgIpc) is 3.31. The van der Waals surface area contributed by atoms with Crippen LogP contribution in [0.15, 0.2) is 36.4 Å². The second-order valence-electron chi connectivity index (χ2n) is 8.87. The highest BCUT2D eigenvalue weighted by Gasteiger charge is 2.51. The van der Waals surface area contributed by atoms with E-state index in [0.29, 0.717) is 10.6 Å². The van der Waals surface area contributed by atoms with Crippen molar-refractivity contribution >= 4 is 34.1 Å². The topological polar surface area (TPSA) is 65.1 Å². The lowest BCUT2D eigenvalue weighted by molar-refractivity contribution is -0.118. The first kappa shape index (κ1) is 18.9. The van der Waals surface area contributed by atoms with Crippen molar-refractivity contribution in [2.24, 2.45) is 0 Å². The van der Waals surface area contributed by atoms with Crippen molar-refractivity contribution in [1.82, 2.24) is 4.98 Å². The van der Waals surface area contributed by atoms with E-state index < -0.39 is 5.41 Å². The summed E-state index contributed by atoms with van der Waals surface area (Å²) in [5.74, 6) is 0.0720. The van der Waals surface area contributed by atoms with Gasteiger partial charge in [0.1, 0.15) is 5.75 Å². The predicted octanol–water partition coefficient (Wildman–Crippen LogP) is 5.80. The van der Waals surface area contributed by atoms with Crippen LogP contribution in [0.2, 0.25) is 5.02 Å². The summed E-state index contributed by atoms with van der Waals surface area (Å²) in [6.45, 7) is 8.26. The molecule has 0 unspecified atom stereocenters. The third-order valence-electron chi connectivity index (χ3n) is 5.74. The molecule has 146 valence electrons. The quantitative estimate of drug-likeness (QED) is 0.523. The van der Waals surface area contributed by atoms with Crippen molar-refractivity contribution in [2.45, 2.75) is 51.4 Å². The number of rotatable bonds is 3. The van der Waals surface area contributed by atoms with Gasteiger partial charge in [0.15, 0.2) is 0 Å². The second-order valence-corrected chi connectivity index (χ2v) is 9.28. The molecule has 1 aromatic heterocycles. The lowest BCUT2D eigenvalue weighted by Gasteiger charge is -2.17. The second kappa shape index (κ2) is 6.28. The first-order valence-electron chi connectivity index (χ1n) is 9.54. The van der Waals surface area contributed by atoms with Crippen molar-refractivity contribution in [1.29, 1.82) is 0 Å². The molecular formula is C23H25ClN2O2. The van der Waals surface area contributed by atoms with Crippen LogP contribution >= 0.6 is 11.6 Å². The largest absolute Gasteiger partial charge is 0.508 e. The van der Waals surface area contributed by atoms with Crippen LogP contribution in [0.4, 0.5) is 5.69 Å². The molecule has 1 aliphatic rings. The Morgan fingerprint density at radius 1 is 1.18 bits per heavy atom. The Morgan fingerprint density at radius 3 is 2.50 bits per heavy atom. The van der Waals surface area contributed by atoms with E-state index >= 15 is 0 Å². The van der Waals surface area contributed by atoms with E-state index in [9.17, 15) is 9.90 Å². The van der Waals surface area contributed by atoms with Gasteiger partial charge >= 0.3 is 0 Å². The molecule has 1 fully saturated rings. The minimum atomic E-state index is -0.613. The predicted molar refractivity (Wildman–Crippen MR) is 114 cm³/mol. The number of aromatic amines is 1. The molecule has 1 heterocycles. The third-order valence-corrected chi connectivity index (χ3v) is 6.13. The van der Waals surface area contributed by atoms with Crippen LogP contribution in [-0.4, -0.2) is 16.0 Å². The van der Waals surface area contributed by atoms with Gasteiger partial charge in [-0.1, -0.05) is 32.4 Å². The Hall–Kier alpha value is -2.46. The number of hydrogen-bond acceptors (Lipinski definition) is 2. The Balaban J connectivity index is 1.61. The Bertz CT molecular complexity index is 1060. The highest BCUT2D eigenvalue weighted by molar-refractivity contribution is 6.31. The first-order valence-corrected chi connectivity index (χ1v) is 9.92. The number of carbonyl (C=O) groups excluding carboxylic acids is 1. The van der Waals surface area contributed by atoms with Crippen LogP contribution in [0, 0.1) is 6.92 Å². The molecule has 0 spiro atoms. The lowest BCUT2D eigenvalue weighted by atomic mass is 9.92. The van der Waals surface area contributed by atoms with E-state index in [2.05, 4.69) is 37.1 Å². The van der Waals surface area contributed by atoms with Crippen molar-refractivity contribution in [2.75, 3.05) is 5.32 Å². The molecule has 1 aliphatic carbocycles. The van der Waals surface area contributed by atoms with Crippen molar-refractivity contribution in [3.63, 3.8) is 0 Å². The summed E-state index contributed by atoms with van der Waals surface area (Å²) in [7, 11) is 0. The maximum atomic E-state index is 13.1. The van der Waals surface area contributed by atoms with Crippen LogP contribution in [0.25, 0.3) is 10.9 Å². The number of H-pyrrole nitrogens is 1. The Labute approximate surface area is 169 Å². The average molecular weight is 397 g/mol. The molecule has 0 aliphatic heterocycles. The van der Waals surface area contributed by atoms with Crippen LogP contribution < -0.4 is 5.32 Å². The number of amides is 1. The fourth-order valence-corrected chi connectivity index (χ4v) is 3.79. The fraction of sp³-hybridized carbons (Fsp3) is 0.348. The van der Waals surface area contributed by atoms with Gasteiger partial charge in [-0.05, 0) is 61.7 Å². The number of carbonyl (C=O) groups is 1. The smallest absolute Gasteiger partial charge is 0.235 e. The molecule has 28 heavy (non-hydrogen) atoms. The molecular weight excluding hydrogens is 372 g/mol. The van der Waals surface area contributed by atoms with Crippen LogP contribution in [0.5, 0.6) is 5.75 Å². The van der Waals surface area contributed by atoms with E-state index in [1.807, 2.05) is 18.2 Å². The van der Waals surface area contributed by atoms with Gasteiger partial charge in [-0.25, -0.2) is 0 Å². The molecule has 0 radical (unpaired) electrons. The maximum absolute atomic E-state index is 13.1. The van der Waals surface area contributed by atoms with Crippen molar-refractivity contribution in [3.05, 3.63) is 58.2 Å². The standard InChI is InChI=1S/C23H25ClN2O2/c1-13-17(24)11-15(12-19(13)27)23(7-8-23)21(28)25-16-5-6-18-14(9-16)10-20(26-18)22(2,3)4/h5-6,9-12,26-27H,7-8H2,1-4H3,(H,25,28). The number of nitrogens with one attached hydrogen (secondary N) is 2. The van der Waals surface area contributed by atoms with Gasteiger partial charge in [-0.3, -0.25) is 4.79 Å². The number of aromatic nitrogens is 1. The molecule has 2 aromatic carbocycles. The summed E-state index contributed by atoms with van der Waals surface area (Å²) in [5.41, 5.74) is 3.82. The highest BCUT2D eigenvalue weighted by Crippen LogP contribution is 2.50. The summed E-state index contributed by atoms with van der Waals surface area (Å²) >= 11 is 6.23. The van der Waals surface area contributed by atoms with Crippen molar-refractivity contribution in [3.8, 4) is 5.75 Å². The Kier molecular flexibility index (Phi) is 4.23. The normalized spacial score (nSPS) is 15.6. The van der Waals surface area contributed by atoms with Crippen molar-refractivity contribution < 1.29 is 9.90 Å². The molecule has 3 aromatic rings. The minimum Gasteiger partial charge on any atom is -0.508 e. The zero-order chi connectivity index (χ0) is 20.3. The zero-order valence-corrected chi connectivity index (χ0v) is 17.4. The van der Waals surface area contributed by atoms with Crippen LogP contribution in [0.1, 0.15) is 50.4 Å². The summed E-state index contributed by atoms with van der Waals surface area (Å²) in [4.78, 5) is 16.5. The molecule has 1 saturated carbocycles. The molecule has 0 bridgehead atoms. The minimum absolute atomic E-state index is 0.0349. The van der Waals surface area contributed by atoms with Gasteiger partial charge in [0, 0.05) is 38.3 Å². The zero-order valence-electron chi connectivity index (χ0n) is 16.6. The SMILES string of the molecule is Cc1c(O)cc(C2(C(=O)Nc3ccc4[nH]c(C(C)(C)C)cc4c3)CC2)cc1Cl. The van der Waals surface area contributed by atoms with E-state index in [4.69, 9.17) is 11.6 Å². The first-order chi connectivity index (χ1) is 13.1. The Morgan fingerprint density at radius 2 is 1.89 bits per heavy atom. The lowest BCUT2D eigenvalue weighted by Crippen LogP contribution is -2.27. The molecule has 0 saturated heterocycles. The number of halogens is 1. The number of benzene rings is 2. The van der Waals surface area contributed by atoms with E-state index in [1.165, 1.54) is 0 Å². The van der Waals surface area contributed by atoms with Gasteiger partial charge in [0.25, 0.3) is 0 Å². The number of hydrogen-bond donors (Lipinski definition) is 3. The number of anilines is 1. The molecule has 5 heteroatoms. The van der Waals surface area contributed by atoms with E-state index in [1.54, 1.807) is 19.1 Å². The van der Waals surface area contributed by atoms with Crippen LogP contribution in [0.3, 0.4) is 0 Å². The monoisotopic (exact) mass is 396 g/mol. The van der Waals surface area contributed by atoms with Gasteiger partial charge in [0.05, 0.1) is 5.41 Å². The number of phenolic OH excluding ortho intramolecular Hbond substituents is 1.